The van der Waals surface area contributed by atoms with Crippen molar-refractivity contribution in [3.63, 3.8) is 0 Å². The van der Waals surface area contributed by atoms with Crippen molar-refractivity contribution in [2.75, 3.05) is 18.0 Å². The van der Waals surface area contributed by atoms with Gasteiger partial charge in [-0.1, -0.05) is 26.0 Å². The molecule has 3 aromatic rings. The minimum atomic E-state index is -0.708. The van der Waals surface area contributed by atoms with Gasteiger partial charge in [-0.2, -0.15) is 0 Å². The van der Waals surface area contributed by atoms with Crippen molar-refractivity contribution in [3.05, 3.63) is 80.5 Å². The molecular formula is C24H28N4O3. The van der Waals surface area contributed by atoms with Crippen LogP contribution in [-0.2, 0) is 0 Å². The maximum atomic E-state index is 12.4. The number of H-pyrrole nitrogens is 1. The zero-order valence-electron chi connectivity index (χ0n) is 18.3. The normalized spacial score (nSPS) is 11.4. The van der Waals surface area contributed by atoms with Gasteiger partial charge >= 0.3 is 5.69 Å². The molecule has 0 saturated heterocycles. The molecule has 2 aromatic carbocycles. The highest BCUT2D eigenvalue weighted by atomic mass is 16.3. The number of hydrogen-bond acceptors (Lipinski definition) is 5. The van der Waals surface area contributed by atoms with Gasteiger partial charge in [0, 0.05) is 25.0 Å². The highest BCUT2D eigenvalue weighted by Crippen LogP contribution is 2.22. The maximum Gasteiger partial charge on any atom is 0.335 e. The van der Waals surface area contributed by atoms with Gasteiger partial charge in [0.05, 0.1) is 11.4 Å². The SMILES string of the molecule is CCN(CC)c1ccc(N=Cc2c(O)n(-c3ccc(C(C)C)cc3)c(=O)[nH]c2=O)cc1. The molecule has 0 amide bonds. The summed E-state index contributed by atoms with van der Waals surface area (Å²) in [5, 5.41) is 10.7. The van der Waals surface area contributed by atoms with Crippen molar-refractivity contribution in [1.82, 2.24) is 9.55 Å². The Hall–Kier alpha value is -3.61. The van der Waals surface area contributed by atoms with Crippen LogP contribution in [0.2, 0.25) is 0 Å². The first-order valence-electron chi connectivity index (χ1n) is 10.4. The van der Waals surface area contributed by atoms with Crippen LogP contribution < -0.4 is 16.1 Å². The summed E-state index contributed by atoms with van der Waals surface area (Å²) in [6, 6.07) is 14.9. The zero-order valence-corrected chi connectivity index (χ0v) is 18.3. The summed E-state index contributed by atoms with van der Waals surface area (Å²) in [6.07, 6.45) is 1.28. The lowest BCUT2D eigenvalue weighted by molar-refractivity contribution is 0.430. The molecule has 0 aliphatic heterocycles. The molecule has 0 radical (unpaired) electrons. The van der Waals surface area contributed by atoms with E-state index >= 15 is 0 Å². The Morgan fingerprint density at radius 2 is 1.65 bits per heavy atom. The maximum absolute atomic E-state index is 12.4. The molecule has 3 rings (SSSR count). The molecule has 162 valence electrons. The van der Waals surface area contributed by atoms with E-state index in [1.165, 1.54) is 6.21 Å². The number of rotatable bonds is 7. The predicted molar refractivity (Wildman–Crippen MR) is 126 cm³/mol. The minimum Gasteiger partial charge on any atom is -0.493 e. The van der Waals surface area contributed by atoms with Gasteiger partial charge in [-0.25, -0.2) is 9.36 Å². The number of aromatic hydroxyl groups is 1. The fourth-order valence-corrected chi connectivity index (χ4v) is 3.38. The van der Waals surface area contributed by atoms with E-state index in [1.807, 2.05) is 36.4 Å². The number of hydrogen-bond donors (Lipinski definition) is 2. The third-order valence-corrected chi connectivity index (χ3v) is 5.26. The van der Waals surface area contributed by atoms with Crippen molar-refractivity contribution in [1.29, 1.82) is 0 Å². The van der Waals surface area contributed by atoms with Gasteiger partial charge in [0.1, 0.15) is 5.56 Å². The van der Waals surface area contributed by atoms with E-state index in [1.54, 1.807) is 12.1 Å². The molecule has 0 aliphatic carbocycles. The van der Waals surface area contributed by atoms with E-state index in [9.17, 15) is 14.7 Å². The lowest BCUT2D eigenvalue weighted by Gasteiger charge is -2.20. The lowest BCUT2D eigenvalue weighted by Crippen LogP contribution is -2.31. The molecule has 0 bridgehead atoms. The summed E-state index contributed by atoms with van der Waals surface area (Å²) in [5.74, 6) is -0.111. The fourth-order valence-electron chi connectivity index (χ4n) is 3.38. The van der Waals surface area contributed by atoms with Gasteiger partial charge in [-0.15, -0.1) is 0 Å². The van der Waals surface area contributed by atoms with Crippen LogP contribution >= 0.6 is 0 Å². The van der Waals surface area contributed by atoms with Gasteiger partial charge in [-0.05, 0) is 61.7 Å². The number of benzene rings is 2. The average Bonchev–Trinajstić information content (AvgIpc) is 2.75. The Kier molecular flexibility index (Phi) is 6.74. The molecule has 1 aromatic heterocycles. The van der Waals surface area contributed by atoms with Crippen molar-refractivity contribution >= 4 is 17.6 Å². The number of aliphatic imine (C=N–C) groups is 1. The molecule has 2 N–H and O–H groups in total. The van der Waals surface area contributed by atoms with E-state index in [0.29, 0.717) is 17.3 Å². The van der Waals surface area contributed by atoms with Crippen LogP contribution in [-0.4, -0.2) is 34.0 Å². The van der Waals surface area contributed by atoms with Crippen LogP contribution in [0.3, 0.4) is 0 Å². The second-order valence-corrected chi connectivity index (χ2v) is 7.53. The van der Waals surface area contributed by atoms with Crippen LogP contribution in [0.25, 0.3) is 5.69 Å². The van der Waals surface area contributed by atoms with Crippen molar-refractivity contribution < 1.29 is 5.11 Å². The topological polar surface area (TPSA) is 90.7 Å². The predicted octanol–water partition coefficient (Wildman–Crippen LogP) is 3.95. The Balaban J connectivity index is 1.96. The second kappa shape index (κ2) is 9.47. The summed E-state index contributed by atoms with van der Waals surface area (Å²) in [7, 11) is 0. The number of aromatic amines is 1. The van der Waals surface area contributed by atoms with E-state index in [-0.39, 0.29) is 5.56 Å². The first kappa shape index (κ1) is 22.1. The standard InChI is InChI=1S/C24H28N4O3/c1-5-27(6-2)19-13-9-18(10-14-19)25-15-21-22(29)26-24(31)28(23(21)30)20-11-7-17(8-12-20)16(3)4/h7-16,30H,5-6H2,1-4H3,(H,26,29,31). The first-order chi connectivity index (χ1) is 14.8. The Bertz CT molecular complexity index is 1170. The number of nitrogens with zero attached hydrogens (tertiary/aromatic N) is 3. The third-order valence-electron chi connectivity index (χ3n) is 5.26. The van der Waals surface area contributed by atoms with Crippen molar-refractivity contribution in [2.45, 2.75) is 33.6 Å². The zero-order chi connectivity index (χ0) is 22.5. The molecule has 7 heteroatoms. The molecule has 31 heavy (non-hydrogen) atoms. The molecule has 1 heterocycles. The highest BCUT2D eigenvalue weighted by molar-refractivity contribution is 5.84. The summed E-state index contributed by atoms with van der Waals surface area (Å²) in [6.45, 7) is 10.1. The molecule has 0 atom stereocenters. The smallest absolute Gasteiger partial charge is 0.335 e. The molecule has 0 saturated carbocycles. The van der Waals surface area contributed by atoms with Gasteiger partial charge < -0.3 is 10.0 Å². The van der Waals surface area contributed by atoms with E-state index < -0.39 is 17.1 Å². The monoisotopic (exact) mass is 420 g/mol. The van der Waals surface area contributed by atoms with Crippen LogP contribution in [0, 0.1) is 0 Å². The van der Waals surface area contributed by atoms with Gasteiger partial charge in [0.2, 0.25) is 5.88 Å². The number of nitrogens with one attached hydrogen (secondary N) is 1. The van der Waals surface area contributed by atoms with Crippen LogP contribution in [0.15, 0.2) is 63.1 Å². The van der Waals surface area contributed by atoms with Gasteiger partial charge in [0.25, 0.3) is 5.56 Å². The van der Waals surface area contributed by atoms with Crippen LogP contribution in [0.5, 0.6) is 5.88 Å². The quantitative estimate of drug-likeness (QED) is 0.566. The van der Waals surface area contributed by atoms with Crippen LogP contribution in [0.4, 0.5) is 11.4 Å². The van der Waals surface area contributed by atoms with Crippen molar-refractivity contribution in [3.8, 4) is 11.6 Å². The van der Waals surface area contributed by atoms with Gasteiger partial charge in [-0.3, -0.25) is 14.8 Å². The number of aromatic nitrogens is 2. The average molecular weight is 421 g/mol. The van der Waals surface area contributed by atoms with E-state index in [4.69, 9.17) is 0 Å². The summed E-state index contributed by atoms with van der Waals surface area (Å²) < 4.78 is 1.07. The Morgan fingerprint density at radius 3 is 2.19 bits per heavy atom. The largest absolute Gasteiger partial charge is 0.493 e. The van der Waals surface area contributed by atoms with E-state index in [2.05, 4.69) is 42.6 Å². The molecule has 0 aliphatic rings. The first-order valence-corrected chi connectivity index (χ1v) is 10.4. The number of anilines is 1. The van der Waals surface area contributed by atoms with Gasteiger partial charge in [0.15, 0.2) is 0 Å². The molecule has 7 nitrogen and oxygen atoms in total. The summed E-state index contributed by atoms with van der Waals surface area (Å²) in [4.78, 5) is 33.4. The fraction of sp³-hybridized carbons (Fsp3) is 0.292. The minimum absolute atomic E-state index is 0.0830. The summed E-state index contributed by atoms with van der Waals surface area (Å²) >= 11 is 0. The molecule has 0 unspecified atom stereocenters. The van der Waals surface area contributed by atoms with Crippen LogP contribution in [0.1, 0.15) is 44.7 Å². The summed E-state index contributed by atoms with van der Waals surface area (Å²) in [5.41, 5.74) is 1.80. The Morgan fingerprint density at radius 1 is 1.03 bits per heavy atom. The third kappa shape index (κ3) is 4.77. The van der Waals surface area contributed by atoms with E-state index in [0.717, 1.165) is 28.9 Å². The molecular weight excluding hydrogens is 392 g/mol. The molecule has 0 fully saturated rings. The highest BCUT2D eigenvalue weighted by Gasteiger charge is 2.14. The Labute approximate surface area is 181 Å². The second-order valence-electron chi connectivity index (χ2n) is 7.53. The van der Waals surface area contributed by atoms with Crippen molar-refractivity contribution in [2.24, 2.45) is 4.99 Å². The lowest BCUT2D eigenvalue weighted by atomic mass is 10.0. The molecule has 0 spiro atoms.